The Labute approximate surface area is 213 Å². The van der Waals surface area contributed by atoms with E-state index >= 15 is 0 Å². The molecule has 0 spiro atoms. The molecule has 37 heavy (non-hydrogen) atoms. The maximum atomic E-state index is 14.3. The first-order valence-corrected chi connectivity index (χ1v) is 12.6. The maximum Gasteiger partial charge on any atom is 0.214 e. The number of benzene rings is 3. The molecule has 5 aromatic rings. The van der Waals surface area contributed by atoms with Crippen molar-refractivity contribution in [3.63, 3.8) is 0 Å². The number of para-hydroxylation sites is 1. The summed E-state index contributed by atoms with van der Waals surface area (Å²) in [7, 11) is 0. The molecule has 4 N–H and O–H groups in total. The van der Waals surface area contributed by atoms with E-state index in [-0.39, 0.29) is 28.5 Å². The number of aryl methyl sites for hydroxylation is 1. The lowest BCUT2D eigenvalue weighted by atomic mass is 10.1. The predicted molar refractivity (Wildman–Crippen MR) is 139 cm³/mol. The van der Waals surface area contributed by atoms with Gasteiger partial charge in [-0.25, -0.2) is 18.2 Å². The molecule has 5 rings (SSSR count). The topological polar surface area (TPSA) is 121 Å². The summed E-state index contributed by atoms with van der Waals surface area (Å²) in [6, 6.07) is 15.4. The monoisotopic (exact) mass is 521 g/mol. The standard InChI is InChI=1S/C26H21F2N5O3S/c1-14-9-16(36-24-6-4-3-5-18(24)27)7-8-23(14)33-26(29)17(13-30-33)25(34)22-11-15-10-21(32-37(2)35)19(28)12-20(15)31-22/h3-13,31-32H,29H2,1-2H3. The van der Waals surface area contributed by atoms with E-state index in [1.807, 2.05) is 6.92 Å². The summed E-state index contributed by atoms with van der Waals surface area (Å²) in [6.07, 6.45) is 2.75. The highest BCUT2D eigenvalue weighted by Gasteiger charge is 2.21. The number of rotatable bonds is 7. The number of halogens is 2. The van der Waals surface area contributed by atoms with Crippen molar-refractivity contribution in [3.05, 3.63) is 95.3 Å². The van der Waals surface area contributed by atoms with E-state index in [4.69, 9.17) is 10.5 Å². The quantitative estimate of drug-likeness (QED) is 0.199. The number of aromatic nitrogens is 3. The Morgan fingerprint density at radius 2 is 1.92 bits per heavy atom. The molecular formula is C26H21F2N5O3S. The van der Waals surface area contributed by atoms with Crippen LogP contribution in [0.1, 0.15) is 21.6 Å². The zero-order valence-corrected chi connectivity index (χ0v) is 20.5. The first-order valence-electron chi connectivity index (χ1n) is 11.0. The van der Waals surface area contributed by atoms with Gasteiger partial charge in [-0.1, -0.05) is 12.1 Å². The molecule has 0 radical (unpaired) electrons. The molecular weight excluding hydrogens is 500 g/mol. The van der Waals surface area contributed by atoms with E-state index in [0.29, 0.717) is 22.3 Å². The Hall–Kier alpha value is -4.35. The summed E-state index contributed by atoms with van der Waals surface area (Å²) in [5.74, 6) is -0.856. The summed E-state index contributed by atoms with van der Waals surface area (Å²) in [6.45, 7) is 1.81. The molecule has 1 atom stereocenters. The van der Waals surface area contributed by atoms with Crippen molar-refractivity contribution in [1.82, 2.24) is 14.8 Å². The number of nitrogens with two attached hydrogens (primary N) is 1. The van der Waals surface area contributed by atoms with Crippen LogP contribution >= 0.6 is 0 Å². The van der Waals surface area contributed by atoms with Gasteiger partial charge in [0.05, 0.1) is 34.5 Å². The second kappa shape index (κ2) is 9.60. The van der Waals surface area contributed by atoms with Crippen molar-refractivity contribution in [2.75, 3.05) is 16.7 Å². The average Bonchev–Trinajstić information content (AvgIpc) is 3.43. The molecule has 0 fully saturated rings. The highest BCUT2D eigenvalue weighted by molar-refractivity contribution is 7.92. The first-order chi connectivity index (χ1) is 17.7. The number of nitrogens with zero attached hydrogens (tertiary/aromatic N) is 2. The van der Waals surface area contributed by atoms with Gasteiger partial charge in [0.15, 0.2) is 17.4 Å². The molecule has 3 aromatic carbocycles. The van der Waals surface area contributed by atoms with Gasteiger partial charge in [-0.3, -0.25) is 4.79 Å². The smallest absolute Gasteiger partial charge is 0.214 e. The number of hydrogen-bond acceptors (Lipinski definition) is 6. The SMILES string of the molecule is Cc1cc(Oc2ccccc2F)ccc1-n1ncc(C(=O)c2cc3cc(N[S+](C)[O-])c(F)cc3[nH]2)c1N. The molecule has 0 saturated carbocycles. The van der Waals surface area contributed by atoms with Crippen LogP contribution in [0.25, 0.3) is 16.6 Å². The molecule has 8 nitrogen and oxygen atoms in total. The van der Waals surface area contributed by atoms with Gasteiger partial charge in [0, 0.05) is 17.0 Å². The highest BCUT2D eigenvalue weighted by atomic mass is 32.2. The van der Waals surface area contributed by atoms with E-state index in [2.05, 4.69) is 14.8 Å². The summed E-state index contributed by atoms with van der Waals surface area (Å²) in [4.78, 5) is 16.1. The predicted octanol–water partition coefficient (Wildman–Crippen LogP) is 5.25. The van der Waals surface area contributed by atoms with Gasteiger partial charge in [0.2, 0.25) is 5.78 Å². The summed E-state index contributed by atoms with van der Waals surface area (Å²) in [5, 5.41) is 4.85. The Kier molecular flexibility index (Phi) is 6.32. The third-order valence-corrected chi connectivity index (χ3v) is 6.23. The molecule has 2 aromatic heterocycles. The second-order valence-corrected chi connectivity index (χ2v) is 9.44. The number of fused-ring (bicyclic) bond motifs is 1. The molecule has 0 bridgehead atoms. The molecule has 0 aliphatic heterocycles. The van der Waals surface area contributed by atoms with Crippen LogP contribution in [0.15, 0.2) is 66.9 Å². The van der Waals surface area contributed by atoms with Gasteiger partial charge < -0.3 is 20.0 Å². The zero-order chi connectivity index (χ0) is 26.3. The lowest BCUT2D eigenvalue weighted by molar-refractivity contribution is 0.103. The van der Waals surface area contributed by atoms with Crippen molar-refractivity contribution < 1.29 is 22.9 Å². The van der Waals surface area contributed by atoms with Crippen molar-refractivity contribution in [2.24, 2.45) is 0 Å². The number of ether oxygens (including phenoxy) is 1. The third kappa shape index (κ3) is 4.74. The highest BCUT2D eigenvalue weighted by Crippen LogP contribution is 2.30. The van der Waals surface area contributed by atoms with Crippen LogP contribution in [0.4, 0.5) is 20.3 Å². The van der Waals surface area contributed by atoms with Crippen LogP contribution < -0.4 is 15.2 Å². The molecule has 0 aliphatic carbocycles. The summed E-state index contributed by atoms with van der Waals surface area (Å²) >= 11 is -1.45. The van der Waals surface area contributed by atoms with Gasteiger partial charge in [-0.2, -0.15) is 5.10 Å². The molecule has 0 amide bonds. The fourth-order valence-electron chi connectivity index (χ4n) is 3.96. The number of carbonyl (C=O) groups is 1. The van der Waals surface area contributed by atoms with Crippen LogP contribution in [0, 0.1) is 18.6 Å². The van der Waals surface area contributed by atoms with Crippen molar-refractivity contribution in [2.45, 2.75) is 6.92 Å². The number of H-pyrrole nitrogens is 1. The third-order valence-electron chi connectivity index (χ3n) is 5.72. The van der Waals surface area contributed by atoms with Gasteiger partial charge >= 0.3 is 0 Å². The van der Waals surface area contributed by atoms with Crippen LogP contribution in [0.5, 0.6) is 11.5 Å². The van der Waals surface area contributed by atoms with E-state index in [1.165, 1.54) is 41.4 Å². The van der Waals surface area contributed by atoms with Gasteiger partial charge in [0.25, 0.3) is 0 Å². The zero-order valence-electron chi connectivity index (χ0n) is 19.7. The Morgan fingerprint density at radius 1 is 1.14 bits per heavy atom. The minimum Gasteiger partial charge on any atom is -0.593 e. The van der Waals surface area contributed by atoms with Crippen molar-refractivity contribution >= 4 is 39.6 Å². The average molecular weight is 522 g/mol. The number of aromatic amines is 1. The first kappa shape index (κ1) is 24.3. The number of nitrogens with one attached hydrogen (secondary N) is 2. The van der Waals surface area contributed by atoms with Crippen LogP contribution in [0.2, 0.25) is 0 Å². The number of carbonyl (C=O) groups excluding carboxylic acids is 1. The van der Waals surface area contributed by atoms with E-state index in [0.717, 1.165) is 5.56 Å². The Balaban J connectivity index is 1.42. The minimum atomic E-state index is -1.45. The maximum absolute atomic E-state index is 14.3. The molecule has 0 saturated heterocycles. The van der Waals surface area contributed by atoms with Crippen LogP contribution in [0.3, 0.4) is 0 Å². The number of hydrogen-bond donors (Lipinski definition) is 3. The fraction of sp³-hybridized carbons (Fsp3) is 0.0769. The molecule has 188 valence electrons. The molecule has 1 unspecified atom stereocenters. The van der Waals surface area contributed by atoms with E-state index < -0.39 is 28.8 Å². The second-order valence-electron chi connectivity index (χ2n) is 8.32. The van der Waals surface area contributed by atoms with Crippen molar-refractivity contribution in [3.8, 4) is 17.2 Å². The van der Waals surface area contributed by atoms with Crippen LogP contribution in [-0.4, -0.2) is 31.4 Å². The lowest BCUT2D eigenvalue weighted by Crippen LogP contribution is -2.10. The van der Waals surface area contributed by atoms with E-state index in [1.54, 1.807) is 36.4 Å². The summed E-state index contributed by atoms with van der Waals surface area (Å²) in [5.41, 5.74) is 8.47. The van der Waals surface area contributed by atoms with Gasteiger partial charge in [-0.05, 0) is 55.0 Å². The lowest BCUT2D eigenvalue weighted by Gasteiger charge is -2.12. The van der Waals surface area contributed by atoms with Gasteiger partial charge in [-0.15, -0.1) is 0 Å². The van der Waals surface area contributed by atoms with Crippen molar-refractivity contribution in [1.29, 1.82) is 0 Å². The minimum absolute atomic E-state index is 0.0663. The van der Waals surface area contributed by atoms with E-state index in [9.17, 15) is 18.1 Å². The number of nitrogen functional groups attached to an aromatic ring is 1. The number of ketones is 1. The Morgan fingerprint density at radius 3 is 2.65 bits per heavy atom. The Bertz CT molecular complexity index is 1650. The van der Waals surface area contributed by atoms with Crippen LogP contribution in [-0.2, 0) is 11.4 Å². The molecule has 2 heterocycles. The molecule has 0 aliphatic rings. The summed E-state index contributed by atoms with van der Waals surface area (Å²) < 4.78 is 49.3. The normalized spacial score (nSPS) is 12.0. The fourth-order valence-corrected chi connectivity index (χ4v) is 4.43. The molecule has 11 heteroatoms. The van der Waals surface area contributed by atoms with Gasteiger partial charge in [0.1, 0.15) is 23.5 Å². The number of anilines is 2. The largest absolute Gasteiger partial charge is 0.593 e.